The zero-order chi connectivity index (χ0) is 50.3. The quantitative estimate of drug-likeness (QED) is 0.0506. The molecule has 0 spiro atoms. The van der Waals surface area contributed by atoms with Crippen LogP contribution < -0.4 is 0 Å². The normalized spacial score (nSPS) is 25.0. The molecular weight excluding hydrogens is 1030 g/mol. The van der Waals surface area contributed by atoms with Crippen LogP contribution in [0.1, 0.15) is 123 Å². The van der Waals surface area contributed by atoms with Gasteiger partial charge in [-0.1, -0.05) is 130 Å². The number of aromatic nitrogens is 2. The highest BCUT2D eigenvalue weighted by Gasteiger charge is 2.45. The number of ether oxygens (including phenoxy) is 5. The highest BCUT2D eigenvalue weighted by atomic mass is 35.5. The number of alkyl halides is 1. The number of hydrogen-bond donors (Lipinski definition) is 1. The first-order valence-electron chi connectivity index (χ1n) is 25.9. The molecule has 4 bridgehead atoms. The van der Waals surface area contributed by atoms with Crippen LogP contribution in [-0.2, 0) is 49.4 Å². The lowest BCUT2D eigenvalue weighted by atomic mass is 9.84. The Bertz CT molecular complexity index is 2650. The Morgan fingerprint density at radius 3 is 1.32 bits per heavy atom. The maximum absolute atomic E-state index is 9.74. The number of rotatable bonds is 18. The summed E-state index contributed by atoms with van der Waals surface area (Å²) in [5, 5.41) is 20.5. The number of nitrogens with zero attached hydrogens (tertiary/aromatic N) is 2. The molecule has 73 heavy (non-hydrogen) atoms. The summed E-state index contributed by atoms with van der Waals surface area (Å²) in [4.78, 5) is 0. The smallest absolute Gasteiger partial charge is 0.147 e. The second-order valence-electron chi connectivity index (χ2n) is 20.5. The molecule has 6 aliphatic carbocycles. The van der Waals surface area contributed by atoms with E-state index >= 15 is 0 Å². The van der Waals surface area contributed by atoms with E-state index in [0.29, 0.717) is 118 Å². The monoisotopic (exact) mass is 1090 g/mol. The van der Waals surface area contributed by atoms with Crippen molar-refractivity contribution in [2.75, 3.05) is 13.6 Å². The third kappa shape index (κ3) is 13.2. The number of aliphatic hydroxyl groups excluding tert-OH is 1. The molecule has 4 unspecified atom stereocenters. The van der Waals surface area contributed by atoms with Crippen LogP contribution in [0.25, 0.3) is 22.5 Å². The molecule has 4 aromatic carbocycles. The predicted octanol–water partition coefficient (Wildman–Crippen LogP) is 15.8. The van der Waals surface area contributed by atoms with Gasteiger partial charge in [0.25, 0.3) is 0 Å². The van der Waals surface area contributed by atoms with Crippen molar-refractivity contribution in [3.63, 3.8) is 0 Å². The van der Waals surface area contributed by atoms with Gasteiger partial charge >= 0.3 is 0 Å². The molecular formula is C58H63Cl5N2O8. The molecule has 12 rings (SSSR count). The number of halogens is 5. The molecule has 0 radical (unpaired) electrons. The molecule has 15 heteroatoms. The van der Waals surface area contributed by atoms with Crippen molar-refractivity contribution in [3.05, 3.63) is 151 Å². The summed E-state index contributed by atoms with van der Waals surface area (Å²) in [5.74, 6) is 5.14. The van der Waals surface area contributed by atoms with Gasteiger partial charge in [0.2, 0.25) is 0 Å². The first kappa shape index (κ1) is 52.9. The lowest BCUT2D eigenvalue weighted by Crippen LogP contribution is -2.37. The van der Waals surface area contributed by atoms with Gasteiger partial charge < -0.3 is 37.8 Å². The molecule has 0 saturated heterocycles. The van der Waals surface area contributed by atoms with E-state index in [1.807, 2.05) is 54.6 Å². The standard InChI is InChI=1S/C29H31Cl2NO4.C16H22O3.C13H10Cl3NO/c30-24-7-4-8-25(31)26(24)27-23(29(36-32-27)19-9-10-19)16-34-22-13-20-11-12-21(14-22)28(20)35-17-33-15-18-5-2-1-3-6-18;17-15-8-13-6-7-14(9-15)16(13)19-11-18-10-12-4-2-1-3-5-12;14-6-8-12(17-18-13(8)7-4-5-7)11-9(15)2-1-3-10(11)16/h1-8,19-22,28H,9-17H2;1-5,13-17H,6-11H2;1-3,7H,4-6H2. The van der Waals surface area contributed by atoms with E-state index in [-0.39, 0.29) is 18.3 Å². The fourth-order valence-electron chi connectivity index (χ4n) is 11.5. The van der Waals surface area contributed by atoms with E-state index in [9.17, 15) is 5.11 Å². The molecule has 0 amide bonds. The summed E-state index contributed by atoms with van der Waals surface area (Å²) in [6, 6.07) is 31.2. The van der Waals surface area contributed by atoms with Gasteiger partial charge in [0.15, 0.2) is 0 Å². The molecule has 6 fully saturated rings. The summed E-state index contributed by atoms with van der Waals surface area (Å²) < 4.78 is 41.3. The minimum Gasteiger partial charge on any atom is -0.393 e. The highest BCUT2D eigenvalue weighted by molar-refractivity contribution is 6.39. The molecule has 1 N–H and O–H groups in total. The molecule has 2 heterocycles. The van der Waals surface area contributed by atoms with Crippen molar-refractivity contribution >= 4 is 58.0 Å². The number of benzene rings is 4. The van der Waals surface area contributed by atoms with Gasteiger partial charge in [0.1, 0.15) is 36.5 Å². The minimum atomic E-state index is -0.109. The Labute approximate surface area is 453 Å². The van der Waals surface area contributed by atoms with Crippen LogP contribution in [0.5, 0.6) is 0 Å². The molecule has 10 nitrogen and oxygen atoms in total. The van der Waals surface area contributed by atoms with Crippen LogP contribution in [0.4, 0.5) is 0 Å². The van der Waals surface area contributed by atoms with E-state index in [0.717, 1.165) is 85.1 Å². The number of aliphatic hydroxyl groups is 1. The van der Waals surface area contributed by atoms with E-state index in [1.54, 1.807) is 18.2 Å². The second kappa shape index (κ2) is 25.1. The van der Waals surface area contributed by atoms with E-state index in [4.69, 9.17) is 90.7 Å². The van der Waals surface area contributed by atoms with Crippen molar-refractivity contribution < 1.29 is 37.8 Å². The average Bonchev–Trinajstić information content (AvgIpc) is 4.31. The number of hydrogen-bond acceptors (Lipinski definition) is 10. The largest absolute Gasteiger partial charge is 0.393 e. The maximum Gasteiger partial charge on any atom is 0.147 e. The Hall–Kier alpha value is -3.49. The maximum atomic E-state index is 9.74. The first-order valence-corrected chi connectivity index (χ1v) is 27.9. The third-order valence-electron chi connectivity index (χ3n) is 15.4. The van der Waals surface area contributed by atoms with Gasteiger partial charge in [0, 0.05) is 34.1 Å². The fourth-order valence-corrected chi connectivity index (χ4v) is 13.0. The zero-order valence-corrected chi connectivity index (χ0v) is 44.6. The van der Waals surface area contributed by atoms with E-state index < -0.39 is 0 Å². The lowest BCUT2D eigenvalue weighted by Gasteiger charge is -2.35. The van der Waals surface area contributed by atoms with Crippen LogP contribution in [0.3, 0.4) is 0 Å². The van der Waals surface area contributed by atoms with Crippen molar-refractivity contribution in [2.24, 2.45) is 23.7 Å². The molecule has 0 aliphatic heterocycles. The fraction of sp³-hybridized carbons (Fsp3) is 0.483. The molecule has 4 atom stereocenters. The van der Waals surface area contributed by atoms with Crippen molar-refractivity contribution in [1.29, 1.82) is 0 Å². The molecule has 6 saturated carbocycles. The Kier molecular flexibility index (Phi) is 18.2. The average molecular weight is 1090 g/mol. The van der Waals surface area contributed by atoms with Gasteiger partial charge in [-0.2, -0.15) is 0 Å². The van der Waals surface area contributed by atoms with E-state index in [2.05, 4.69) is 34.6 Å². The topological polar surface area (TPSA) is 118 Å². The van der Waals surface area contributed by atoms with Crippen LogP contribution in [0, 0.1) is 23.7 Å². The highest BCUT2D eigenvalue weighted by Crippen LogP contribution is 2.50. The Morgan fingerprint density at radius 2 is 0.890 bits per heavy atom. The van der Waals surface area contributed by atoms with E-state index in [1.165, 1.54) is 31.2 Å². The zero-order valence-electron chi connectivity index (χ0n) is 40.8. The van der Waals surface area contributed by atoms with Crippen LogP contribution in [-0.4, -0.2) is 53.4 Å². The number of fused-ring (bicyclic) bond motifs is 4. The molecule has 6 aromatic rings. The Morgan fingerprint density at radius 1 is 0.479 bits per heavy atom. The summed E-state index contributed by atoms with van der Waals surface area (Å²) in [6.45, 7) is 2.34. The van der Waals surface area contributed by atoms with Crippen molar-refractivity contribution in [1.82, 2.24) is 10.3 Å². The minimum absolute atomic E-state index is 0.109. The van der Waals surface area contributed by atoms with Crippen LogP contribution >= 0.6 is 58.0 Å². The van der Waals surface area contributed by atoms with Crippen LogP contribution in [0.15, 0.2) is 106 Å². The molecule has 6 aliphatic rings. The summed E-state index contributed by atoms with van der Waals surface area (Å²) >= 11 is 31.4. The molecule has 388 valence electrons. The lowest BCUT2D eigenvalue weighted by molar-refractivity contribution is -0.142. The summed E-state index contributed by atoms with van der Waals surface area (Å²) in [5.41, 5.74) is 7.05. The van der Waals surface area contributed by atoms with Gasteiger partial charge in [-0.25, -0.2) is 0 Å². The first-order chi connectivity index (χ1) is 35.7. The SMILES string of the molecule is ClCc1c(-c2c(Cl)cccc2Cl)noc1C1CC1.Clc1cccc(Cl)c1-c1noc(C2CC2)c1COC1CC2CCC(C1)C2OCOCc1ccccc1.OC1CC2CCC(C1)C2OCOCc1ccccc1. The van der Waals surface area contributed by atoms with Gasteiger partial charge in [-0.15, -0.1) is 11.6 Å². The van der Waals surface area contributed by atoms with Gasteiger partial charge in [-0.05, 0) is 136 Å². The van der Waals surface area contributed by atoms with Gasteiger partial charge in [0.05, 0.1) is 70.2 Å². The third-order valence-corrected chi connectivity index (χ3v) is 16.9. The predicted molar refractivity (Wildman–Crippen MR) is 285 cm³/mol. The summed E-state index contributed by atoms with van der Waals surface area (Å²) in [6.07, 6.45) is 13.8. The molecule has 2 aromatic heterocycles. The summed E-state index contributed by atoms with van der Waals surface area (Å²) in [7, 11) is 0. The van der Waals surface area contributed by atoms with Crippen molar-refractivity contribution in [3.8, 4) is 22.5 Å². The van der Waals surface area contributed by atoms with Gasteiger partial charge in [-0.3, -0.25) is 0 Å². The van der Waals surface area contributed by atoms with Crippen LogP contribution in [0.2, 0.25) is 20.1 Å². The second-order valence-corrected chi connectivity index (χ2v) is 22.4. The Balaban J connectivity index is 0.000000139. The van der Waals surface area contributed by atoms with Crippen molar-refractivity contribution in [2.45, 2.75) is 139 Å².